The summed E-state index contributed by atoms with van der Waals surface area (Å²) in [4.78, 5) is 13.7. The third-order valence-electron chi connectivity index (χ3n) is 4.08. The minimum atomic E-state index is -3.77. The number of carbonyl (C=O) groups excluding carboxylic acids is 1. The van der Waals surface area contributed by atoms with E-state index >= 15 is 0 Å². The molecule has 1 aliphatic rings. The van der Waals surface area contributed by atoms with Crippen molar-refractivity contribution in [1.29, 1.82) is 0 Å². The van der Waals surface area contributed by atoms with Crippen molar-refractivity contribution < 1.29 is 17.7 Å². The summed E-state index contributed by atoms with van der Waals surface area (Å²) in [6.07, 6.45) is 1.03. The van der Waals surface area contributed by atoms with Crippen LogP contribution in [0.4, 0.5) is 11.4 Å². The van der Waals surface area contributed by atoms with Gasteiger partial charge in [-0.2, -0.15) is 0 Å². The van der Waals surface area contributed by atoms with Gasteiger partial charge in [-0.15, -0.1) is 0 Å². The molecule has 3 rings (SSSR count). The van der Waals surface area contributed by atoms with Crippen molar-refractivity contribution in [1.82, 2.24) is 5.16 Å². The van der Waals surface area contributed by atoms with Gasteiger partial charge >= 0.3 is 0 Å². The molecule has 0 radical (unpaired) electrons. The zero-order valence-corrected chi connectivity index (χ0v) is 14.6. The Hall–Kier alpha value is -2.35. The SMILES string of the molecule is CCN1C(=O)CCc2cc(NS(=O)(=O)c3c(C)noc3C)ccc21. The smallest absolute Gasteiger partial charge is 0.267 e. The van der Waals surface area contributed by atoms with Crippen molar-refractivity contribution in [3.63, 3.8) is 0 Å². The lowest BCUT2D eigenvalue weighted by molar-refractivity contribution is -0.118. The van der Waals surface area contributed by atoms with E-state index in [1.54, 1.807) is 36.9 Å². The number of nitrogens with one attached hydrogen (secondary N) is 1. The van der Waals surface area contributed by atoms with Crippen molar-refractivity contribution in [3.05, 3.63) is 35.2 Å². The summed E-state index contributed by atoms with van der Waals surface area (Å²) in [7, 11) is -3.77. The Morgan fingerprint density at radius 1 is 1.29 bits per heavy atom. The van der Waals surface area contributed by atoms with Crippen molar-refractivity contribution in [2.24, 2.45) is 0 Å². The summed E-state index contributed by atoms with van der Waals surface area (Å²) in [5, 5.41) is 3.69. The van der Waals surface area contributed by atoms with Crippen LogP contribution in [0, 0.1) is 13.8 Å². The third-order valence-corrected chi connectivity index (χ3v) is 5.71. The minimum Gasteiger partial charge on any atom is -0.360 e. The Morgan fingerprint density at radius 3 is 2.67 bits per heavy atom. The molecule has 0 unspecified atom stereocenters. The number of rotatable bonds is 4. The molecule has 1 N–H and O–H groups in total. The molecule has 8 heteroatoms. The number of sulfonamides is 1. The number of carbonyl (C=O) groups is 1. The predicted molar refractivity (Wildman–Crippen MR) is 89.6 cm³/mol. The lowest BCUT2D eigenvalue weighted by atomic mass is 10.0. The molecule has 1 aromatic heterocycles. The fourth-order valence-corrected chi connectivity index (χ4v) is 4.42. The standard InChI is InChI=1S/C16H19N3O4S/c1-4-19-14-7-6-13(9-12(14)5-8-15(19)20)18-24(21,22)16-10(2)17-23-11(16)3/h6-7,9,18H,4-5,8H2,1-3H3. The molecule has 1 aliphatic heterocycles. The van der Waals surface area contributed by atoms with Crippen LogP contribution in [0.5, 0.6) is 0 Å². The Morgan fingerprint density at radius 2 is 2.04 bits per heavy atom. The van der Waals surface area contributed by atoms with Crippen LogP contribution in [0.3, 0.4) is 0 Å². The predicted octanol–water partition coefficient (Wildman–Crippen LogP) is 2.39. The highest BCUT2D eigenvalue weighted by Gasteiger charge is 2.26. The molecule has 2 heterocycles. The zero-order chi connectivity index (χ0) is 17.5. The van der Waals surface area contributed by atoms with Crippen LogP contribution in [0.25, 0.3) is 0 Å². The van der Waals surface area contributed by atoms with Crippen molar-refractivity contribution >= 4 is 27.3 Å². The first-order chi connectivity index (χ1) is 11.3. The Balaban J connectivity index is 1.94. The first kappa shape index (κ1) is 16.5. The molecule has 0 saturated heterocycles. The average Bonchev–Trinajstić information content (AvgIpc) is 2.86. The van der Waals surface area contributed by atoms with E-state index in [-0.39, 0.29) is 16.6 Å². The van der Waals surface area contributed by atoms with Crippen LogP contribution in [-0.2, 0) is 21.2 Å². The second-order valence-corrected chi connectivity index (χ2v) is 7.36. The van der Waals surface area contributed by atoms with E-state index in [0.29, 0.717) is 30.8 Å². The number of anilines is 2. The summed E-state index contributed by atoms with van der Waals surface area (Å²) in [6.45, 7) is 5.66. The molecular weight excluding hydrogens is 330 g/mol. The molecule has 0 bridgehead atoms. The van der Waals surface area contributed by atoms with Crippen molar-refractivity contribution in [2.75, 3.05) is 16.2 Å². The molecule has 128 valence electrons. The first-order valence-electron chi connectivity index (χ1n) is 7.72. The monoisotopic (exact) mass is 349 g/mol. The lowest BCUT2D eigenvalue weighted by Crippen LogP contribution is -2.34. The highest BCUT2D eigenvalue weighted by atomic mass is 32.2. The Labute approximate surface area is 140 Å². The van der Waals surface area contributed by atoms with Gasteiger partial charge in [-0.3, -0.25) is 9.52 Å². The van der Waals surface area contributed by atoms with Crippen LogP contribution in [-0.4, -0.2) is 26.0 Å². The lowest BCUT2D eigenvalue weighted by Gasteiger charge is -2.28. The topological polar surface area (TPSA) is 92.5 Å². The number of aromatic nitrogens is 1. The quantitative estimate of drug-likeness (QED) is 0.915. The average molecular weight is 349 g/mol. The van der Waals surface area contributed by atoms with Gasteiger partial charge in [-0.25, -0.2) is 8.42 Å². The molecular formula is C16H19N3O4S. The van der Waals surface area contributed by atoms with Gasteiger partial charge in [0, 0.05) is 24.3 Å². The van der Waals surface area contributed by atoms with Gasteiger partial charge in [-0.1, -0.05) is 5.16 Å². The summed E-state index contributed by atoms with van der Waals surface area (Å²) in [5.74, 6) is 0.342. The molecule has 0 atom stereocenters. The largest absolute Gasteiger partial charge is 0.360 e. The maximum absolute atomic E-state index is 12.6. The van der Waals surface area contributed by atoms with E-state index in [0.717, 1.165) is 11.3 Å². The van der Waals surface area contributed by atoms with Crippen LogP contribution >= 0.6 is 0 Å². The molecule has 0 aliphatic carbocycles. The summed E-state index contributed by atoms with van der Waals surface area (Å²) < 4.78 is 32.6. The van der Waals surface area contributed by atoms with E-state index < -0.39 is 10.0 Å². The second-order valence-electron chi connectivity index (χ2n) is 5.74. The number of nitrogens with zero attached hydrogens (tertiary/aromatic N) is 2. The van der Waals surface area contributed by atoms with E-state index in [2.05, 4.69) is 9.88 Å². The Bertz CT molecular complexity index is 883. The summed E-state index contributed by atoms with van der Waals surface area (Å²) >= 11 is 0. The van der Waals surface area contributed by atoms with Gasteiger partial charge < -0.3 is 9.42 Å². The highest BCUT2D eigenvalue weighted by molar-refractivity contribution is 7.92. The highest BCUT2D eigenvalue weighted by Crippen LogP contribution is 2.31. The zero-order valence-electron chi connectivity index (χ0n) is 13.8. The summed E-state index contributed by atoms with van der Waals surface area (Å²) in [5.41, 5.74) is 2.57. The molecule has 1 aromatic carbocycles. The fraction of sp³-hybridized carbons (Fsp3) is 0.375. The number of benzene rings is 1. The van der Waals surface area contributed by atoms with Gasteiger partial charge in [0.05, 0.1) is 0 Å². The first-order valence-corrected chi connectivity index (χ1v) is 9.20. The summed E-state index contributed by atoms with van der Waals surface area (Å²) in [6, 6.07) is 5.22. The van der Waals surface area contributed by atoms with Gasteiger partial charge in [-0.05, 0) is 51.0 Å². The molecule has 2 aromatic rings. The van der Waals surface area contributed by atoms with E-state index in [1.165, 1.54) is 0 Å². The van der Waals surface area contributed by atoms with E-state index in [1.807, 2.05) is 6.92 Å². The fourth-order valence-electron chi connectivity index (χ4n) is 3.03. The molecule has 0 spiro atoms. The van der Waals surface area contributed by atoms with Crippen molar-refractivity contribution in [2.45, 2.75) is 38.5 Å². The maximum Gasteiger partial charge on any atom is 0.267 e. The number of amides is 1. The van der Waals surface area contributed by atoms with E-state index in [4.69, 9.17) is 4.52 Å². The third kappa shape index (κ3) is 2.77. The normalized spacial score (nSPS) is 14.6. The maximum atomic E-state index is 12.6. The second kappa shape index (κ2) is 5.94. The van der Waals surface area contributed by atoms with Gasteiger partial charge in [0.1, 0.15) is 5.69 Å². The van der Waals surface area contributed by atoms with Gasteiger partial charge in [0.15, 0.2) is 10.7 Å². The molecule has 0 fully saturated rings. The number of hydrogen-bond acceptors (Lipinski definition) is 5. The van der Waals surface area contributed by atoms with Crippen LogP contribution in [0.2, 0.25) is 0 Å². The Kier molecular flexibility index (Phi) is 4.08. The molecule has 1 amide bonds. The van der Waals surface area contributed by atoms with E-state index in [9.17, 15) is 13.2 Å². The molecule has 0 saturated carbocycles. The number of hydrogen-bond donors (Lipinski definition) is 1. The van der Waals surface area contributed by atoms with Crippen LogP contribution in [0.15, 0.2) is 27.6 Å². The van der Waals surface area contributed by atoms with Crippen LogP contribution < -0.4 is 9.62 Å². The van der Waals surface area contributed by atoms with Crippen LogP contribution in [0.1, 0.15) is 30.4 Å². The number of fused-ring (bicyclic) bond motifs is 1. The van der Waals surface area contributed by atoms with Crippen molar-refractivity contribution in [3.8, 4) is 0 Å². The molecule has 7 nitrogen and oxygen atoms in total. The minimum absolute atomic E-state index is 0.0607. The molecule has 24 heavy (non-hydrogen) atoms. The van der Waals surface area contributed by atoms with Gasteiger partial charge in [0.25, 0.3) is 10.0 Å². The number of aryl methyl sites for hydroxylation is 3. The van der Waals surface area contributed by atoms with Gasteiger partial charge in [0.2, 0.25) is 5.91 Å².